The summed E-state index contributed by atoms with van der Waals surface area (Å²) < 4.78 is 1.50. The molecule has 0 aliphatic rings. The fourth-order valence-electron chi connectivity index (χ4n) is 2.59. The fraction of sp³-hybridized carbons (Fsp3) is 0.150. The normalized spacial score (nSPS) is 12.2. The first-order valence-corrected chi connectivity index (χ1v) is 8.29. The van der Waals surface area contributed by atoms with Crippen molar-refractivity contribution in [2.45, 2.75) is 19.3 Å². The highest BCUT2D eigenvalue weighted by Gasteiger charge is 2.33. The molecule has 0 atom stereocenters. The van der Waals surface area contributed by atoms with E-state index in [1.54, 1.807) is 18.2 Å². The molecule has 1 heterocycles. The van der Waals surface area contributed by atoms with Gasteiger partial charge in [0.25, 0.3) is 0 Å². The van der Waals surface area contributed by atoms with Crippen molar-refractivity contribution in [1.82, 2.24) is 14.8 Å². The lowest BCUT2D eigenvalue weighted by molar-refractivity contribution is -0.118. The molecular weight excluding hydrogens is 334 g/mol. The van der Waals surface area contributed by atoms with Gasteiger partial charge in [0, 0.05) is 5.02 Å². The number of allylic oxidation sites excluding steroid dienone is 1. The molecule has 0 saturated heterocycles. The minimum Gasteiger partial charge on any atom is -0.291 e. The van der Waals surface area contributed by atoms with Crippen molar-refractivity contribution < 1.29 is 4.79 Å². The van der Waals surface area contributed by atoms with Crippen LogP contribution in [0.1, 0.15) is 25.0 Å². The first-order valence-electron chi connectivity index (χ1n) is 7.91. The molecule has 0 spiro atoms. The minimum atomic E-state index is -0.703. The average molecular weight is 352 g/mol. The third kappa shape index (κ3) is 3.69. The molecule has 0 unspecified atom stereocenters. The van der Waals surface area contributed by atoms with E-state index in [1.165, 1.54) is 17.3 Å². The lowest BCUT2D eigenvalue weighted by Gasteiger charge is -2.25. The molecule has 3 aromatic rings. The van der Waals surface area contributed by atoms with Crippen LogP contribution in [-0.4, -0.2) is 20.5 Å². The molecule has 0 saturated carbocycles. The van der Waals surface area contributed by atoms with Crippen LogP contribution in [0.15, 0.2) is 67.3 Å². The Morgan fingerprint density at radius 3 is 2.36 bits per heavy atom. The molecule has 25 heavy (non-hydrogen) atoms. The number of halogens is 1. The highest BCUT2D eigenvalue weighted by atomic mass is 35.5. The van der Waals surface area contributed by atoms with Crippen molar-refractivity contribution in [2.75, 3.05) is 0 Å². The third-order valence-electron chi connectivity index (χ3n) is 4.13. The first-order chi connectivity index (χ1) is 12.0. The summed E-state index contributed by atoms with van der Waals surface area (Å²) in [6.45, 7) is 3.83. The first kappa shape index (κ1) is 17.1. The largest absolute Gasteiger partial charge is 0.291 e. The monoisotopic (exact) mass is 351 g/mol. The van der Waals surface area contributed by atoms with E-state index in [2.05, 4.69) is 10.1 Å². The number of hydrogen-bond donors (Lipinski definition) is 0. The number of aromatic nitrogens is 3. The summed E-state index contributed by atoms with van der Waals surface area (Å²) in [6.07, 6.45) is 4.75. The fourth-order valence-corrected chi connectivity index (χ4v) is 2.72. The zero-order chi connectivity index (χ0) is 17.9. The van der Waals surface area contributed by atoms with Gasteiger partial charge in [-0.3, -0.25) is 4.79 Å². The van der Waals surface area contributed by atoms with Gasteiger partial charge in [0.1, 0.15) is 18.4 Å². The van der Waals surface area contributed by atoms with Gasteiger partial charge in [-0.1, -0.05) is 54.1 Å². The Bertz CT molecular complexity index is 882. The smallest absolute Gasteiger partial charge is 0.191 e. The molecule has 0 radical (unpaired) electrons. The van der Waals surface area contributed by atoms with Crippen LogP contribution >= 0.6 is 11.6 Å². The summed E-state index contributed by atoms with van der Waals surface area (Å²) in [5, 5.41) is 4.80. The molecule has 1 aromatic heterocycles. The highest BCUT2D eigenvalue weighted by Crippen LogP contribution is 2.29. The molecule has 2 aromatic carbocycles. The summed E-state index contributed by atoms with van der Waals surface area (Å²) in [7, 11) is 0. The van der Waals surface area contributed by atoms with Crippen LogP contribution in [-0.2, 0) is 10.2 Å². The predicted octanol–water partition coefficient (Wildman–Crippen LogP) is 4.48. The van der Waals surface area contributed by atoms with E-state index >= 15 is 0 Å². The zero-order valence-electron chi connectivity index (χ0n) is 14.1. The third-order valence-corrected chi connectivity index (χ3v) is 4.39. The van der Waals surface area contributed by atoms with Gasteiger partial charge in [-0.15, -0.1) is 0 Å². The quantitative estimate of drug-likeness (QED) is 0.637. The molecule has 126 valence electrons. The number of hydrogen-bond acceptors (Lipinski definition) is 3. The van der Waals surface area contributed by atoms with Gasteiger partial charge in [-0.2, -0.15) is 5.10 Å². The molecule has 5 heteroatoms. The van der Waals surface area contributed by atoms with Crippen molar-refractivity contribution in [2.24, 2.45) is 0 Å². The van der Waals surface area contributed by atoms with Gasteiger partial charge in [0.2, 0.25) is 0 Å². The maximum atomic E-state index is 13.4. The predicted molar refractivity (Wildman–Crippen MR) is 100 cm³/mol. The van der Waals surface area contributed by atoms with E-state index in [4.69, 9.17) is 11.6 Å². The second kappa shape index (κ2) is 7.03. The Hall–Kier alpha value is -2.72. The Balaban J connectivity index is 2.06. The summed E-state index contributed by atoms with van der Waals surface area (Å²) in [4.78, 5) is 17.3. The second-order valence-electron chi connectivity index (χ2n) is 6.24. The van der Waals surface area contributed by atoms with E-state index in [9.17, 15) is 4.79 Å². The van der Waals surface area contributed by atoms with Crippen LogP contribution < -0.4 is 0 Å². The van der Waals surface area contributed by atoms with E-state index < -0.39 is 5.41 Å². The second-order valence-corrected chi connectivity index (χ2v) is 6.68. The Morgan fingerprint density at radius 1 is 1.08 bits per heavy atom. The minimum absolute atomic E-state index is 0.0425. The van der Waals surface area contributed by atoms with Crippen LogP contribution in [0.3, 0.4) is 0 Å². The van der Waals surface area contributed by atoms with E-state index in [-0.39, 0.29) is 5.78 Å². The topological polar surface area (TPSA) is 47.8 Å². The molecule has 4 nitrogen and oxygen atoms in total. The van der Waals surface area contributed by atoms with E-state index in [0.29, 0.717) is 10.7 Å². The molecule has 3 rings (SSSR count). The van der Waals surface area contributed by atoms with Crippen LogP contribution in [0.4, 0.5) is 0 Å². The Morgan fingerprint density at radius 2 is 1.76 bits per heavy atom. The van der Waals surface area contributed by atoms with Crippen LogP contribution in [0.5, 0.6) is 0 Å². The molecule has 0 amide bonds. The summed E-state index contributed by atoms with van der Waals surface area (Å²) in [5.74, 6) is -0.0425. The molecule has 0 fully saturated rings. The number of carbonyl (C=O) groups is 1. The van der Waals surface area contributed by atoms with Gasteiger partial charge in [0.05, 0.1) is 5.41 Å². The lowest BCUT2D eigenvalue weighted by atomic mass is 9.79. The average Bonchev–Trinajstić information content (AvgIpc) is 3.16. The van der Waals surface area contributed by atoms with E-state index in [1.807, 2.05) is 56.3 Å². The van der Waals surface area contributed by atoms with Gasteiger partial charge in [-0.05, 0) is 43.2 Å². The van der Waals surface area contributed by atoms with E-state index in [0.717, 1.165) is 11.1 Å². The Labute approximate surface area is 151 Å². The summed E-state index contributed by atoms with van der Waals surface area (Å²) in [5.41, 5.74) is 1.56. The standard InChI is InChI=1S/C20H18ClN3O/c1-20(2,16-6-4-3-5-7-16)19(25)18(24-14-22-13-23-24)12-15-8-10-17(21)11-9-15/h3-14H,1-2H3. The zero-order valence-corrected chi connectivity index (χ0v) is 14.8. The summed E-state index contributed by atoms with van der Waals surface area (Å²) >= 11 is 5.95. The van der Waals surface area contributed by atoms with Crippen molar-refractivity contribution in [3.05, 3.63) is 83.4 Å². The van der Waals surface area contributed by atoms with Crippen molar-refractivity contribution in [3.8, 4) is 0 Å². The van der Waals surface area contributed by atoms with Crippen LogP contribution in [0, 0.1) is 0 Å². The number of rotatable bonds is 5. The number of carbonyl (C=O) groups excluding carboxylic acids is 1. The molecule has 0 N–H and O–H groups in total. The van der Waals surface area contributed by atoms with Crippen LogP contribution in [0.2, 0.25) is 5.02 Å². The van der Waals surface area contributed by atoms with Crippen molar-refractivity contribution >= 4 is 29.2 Å². The number of benzene rings is 2. The highest BCUT2D eigenvalue weighted by molar-refractivity contribution is 6.30. The van der Waals surface area contributed by atoms with Gasteiger partial charge >= 0.3 is 0 Å². The molecule has 0 bridgehead atoms. The van der Waals surface area contributed by atoms with Gasteiger partial charge in [-0.25, -0.2) is 9.67 Å². The number of nitrogens with zero attached hydrogens (tertiary/aromatic N) is 3. The van der Waals surface area contributed by atoms with Crippen LogP contribution in [0.25, 0.3) is 11.8 Å². The van der Waals surface area contributed by atoms with Gasteiger partial charge in [0.15, 0.2) is 5.78 Å². The number of ketones is 1. The molecular formula is C20H18ClN3O. The van der Waals surface area contributed by atoms with Crippen molar-refractivity contribution in [3.63, 3.8) is 0 Å². The maximum Gasteiger partial charge on any atom is 0.191 e. The number of Topliss-reactive ketones (excluding diaryl/α,β-unsaturated/α-hetero) is 1. The lowest BCUT2D eigenvalue weighted by Crippen LogP contribution is -2.31. The Kier molecular flexibility index (Phi) is 4.81. The molecule has 0 aliphatic heterocycles. The SMILES string of the molecule is CC(C)(C(=O)C(=Cc1ccc(Cl)cc1)n1cncn1)c1ccccc1. The van der Waals surface area contributed by atoms with Crippen molar-refractivity contribution in [1.29, 1.82) is 0 Å². The summed E-state index contributed by atoms with van der Waals surface area (Å²) in [6, 6.07) is 17.0. The molecule has 0 aliphatic carbocycles. The maximum absolute atomic E-state index is 13.4. The van der Waals surface area contributed by atoms with Gasteiger partial charge < -0.3 is 0 Å².